The molecule has 1 amide bonds. The Morgan fingerprint density at radius 1 is 1.08 bits per heavy atom. The van der Waals surface area contributed by atoms with E-state index in [0.717, 1.165) is 5.56 Å². The van der Waals surface area contributed by atoms with E-state index in [4.69, 9.17) is 4.74 Å². The molecular weight excluding hydrogens is 504 g/mol. The summed E-state index contributed by atoms with van der Waals surface area (Å²) < 4.78 is 7.22. The summed E-state index contributed by atoms with van der Waals surface area (Å²) >= 11 is 1.20. The Morgan fingerprint density at radius 2 is 1.76 bits per heavy atom. The van der Waals surface area contributed by atoms with Gasteiger partial charge in [-0.25, -0.2) is 4.99 Å². The fourth-order valence-electron chi connectivity index (χ4n) is 4.28. The summed E-state index contributed by atoms with van der Waals surface area (Å²) in [5.74, 6) is 0.290. The number of non-ortho nitro benzene ring substituents is 1. The van der Waals surface area contributed by atoms with Crippen molar-refractivity contribution in [2.75, 3.05) is 12.4 Å². The first-order chi connectivity index (χ1) is 18.4. The highest BCUT2D eigenvalue weighted by Gasteiger charge is 2.32. The molecule has 0 saturated heterocycles. The van der Waals surface area contributed by atoms with E-state index in [9.17, 15) is 19.7 Å². The number of nitro groups is 1. The molecule has 0 aliphatic carbocycles. The van der Waals surface area contributed by atoms with Crippen molar-refractivity contribution in [2.24, 2.45) is 4.99 Å². The predicted octanol–water partition coefficient (Wildman–Crippen LogP) is 3.79. The highest BCUT2D eigenvalue weighted by Crippen LogP contribution is 2.31. The molecular formula is C28H22N4O5S. The van der Waals surface area contributed by atoms with Gasteiger partial charge in [-0.2, -0.15) is 0 Å². The van der Waals surface area contributed by atoms with Crippen molar-refractivity contribution in [3.05, 3.63) is 131 Å². The number of rotatable bonds is 6. The van der Waals surface area contributed by atoms with Gasteiger partial charge in [-0.1, -0.05) is 41.7 Å². The topological polar surface area (TPSA) is 116 Å². The minimum absolute atomic E-state index is 0.0344. The number of ether oxygens (including phenoxy) is 1. The molecule has 5 rings (SSSR count). The van der Waals surface area contributed by atoms with Crippen LogP contribution in [0.5, 0.6) is 5.75 Å². The van der Waals surface area contributed by atoms with Gasteiger partial charge in [0.15, 0.2) is 4.80 Å². The molecule has 10 heteroatoms. The van der Waals surface area contributed by atoms with Gasteiger partial charge in [0, 0.05) is 17.8 Å². The molecule has 0 fully saturated rings. The summed E-state index contributed by atoms with van der Waals surface area (Å²) in [6.45, 7) is 1.75. The molecule has 0 spiro atoms. The summed E-state index contributed by atoms with van der Waals surface area (Å²) in [6.07, 6.45) is 1.67. The lowest BCUT2D eigenvalue weighted by Gasteiger charge is -2.25. The number of nitrogens with zero attached hydrogens (tertiary/aromatic N) is 3. The summed E-state index contributed by atoms with van der Waals surface area (Å²) in [4.78, 5) is 42.9. The van der Waals surface area contributed by atoms with Crippen LogP contribution in [0.1, 0.15) is 24.1 Å². The molecule has 1 aliphatic heterocycles. The average molecular weight is 527 g/mol. The second-order valence-electron chi connectivity index (χ2n) is 8.52. The van der Waals surface area contributed by atoms with E-state index in [1.807, 2.05) is 30.3 Å². The first-order valence-corrected chi connectivity index (χ1v) is 12.4. The normalized spacial score (nSPS) is 15.0. The highest BCUT2D eigenvalue weighted by molar-refractivity contribution is 7.07. The summed E-state index contributed by atoms with van der Waals surface area (Å²) in [7, 11) is 1.57. The smallest absolute Gasteiger partial charge is 0.271 e. The van der Waals surface area contributed by atoms with E-state index >= 15 is 0 Å². The van der Waals surface area contributed by atoms with Gasteiger partial charge in [0.1, 0.15) is 5.75 Å². The number of nitrogens with one attached hydrogen (secondary N) is 1. The Labute approximate surface area is 220 Å². The molecule has 190 valence electrons. The zero-order chi connectivity index (χ0) is 26.8. The second kappa shape index (κ2) is 10.3. The van der Waals surface area contributed by atoms with Crippen molar-refractivity contribution in [3.63, 3.8) is 0 Å². The Kier molecular flexibility index (Phi) is 6.71. The fraction of sp³-hybridized carbons (Fsp3) is 0.107. The first-order valence-electron chi connectivity index (χ1n) is 11.6. The average Bonchev–Trinajstić information content (AvgIpc) is 3.22. The predicted molar refractivity (Wildman–Crippen MR) is 145 cm³/mol. The number of methoxy groups -OCH3 is 1. The number of thiazole rings is 1. The molecule has 2 heterocycles. The third kappa shape index (κ3) is 4.76. The van der Waals surface area contributed by atoms with Gasteiger partial charge in [-0.05, 0) is 60.5 Å². The zero-order valence-electron chi connectivity index (χ0n) is 20.5. The van der Waals surface area contributed by atoms with Gasteiger partial charge in [-0.3, -0.25) is 24.3 Å². The molecule has 1 aliphatic rings. The maximum atomic E-state index is 13.7. The van der Waals surface area contributed by atoms with Crippen molar-refractivity contribution in [1.82, 2.24) is 4.57 Å². The van der Waals surface area contributed by atoms with Crippen LogP contribution in [-0.4, -0.2) is 22.5 Å². The monoisotopic (exact) mass is 526 g/mol. The number of carbonyl (C=O) groups is 1. The number of amides is 1. The number of nitro benzene ring substituents is 1. The number of benzene rings is 3. The zero-order valence-corrected chi connectivity index (χ0v) is 21.3. The van der Waals surface area contributed by atoms with Crippen LogP contribution in [0.2, 0.25) is 0 Å². The SMILES string of the molecule is COc1ccc([C@@H]2C(C(=O)Nc3ccccc3)=C(C)N=c3s/c(=C/c4ccc([N+](=O)[O-])cc4)c(=O)n32)cc1. The van der Waals surface area contributed by atoms with Gasteiger partial charge in [-0.15, -0.1) is 0 Å². The number of allylic oxidation sites excluding steroid dienone is 1. The molecule has 3 aromatic carbocycles. The van der Waals surface area contributed by atoms with E-state index in [2.05, 4.69) is 10.3 Å². The van der Waals surface area contributed by atoms with E-state index in [1.54, 1.807) is 56.5 Å². The first kappa shape index (κ1) is 24.8. The van der Waals surface area contributed by atoms with E-state index in [0.29, 0.717) is 37.6 Å². The molecule has 9 nitrogen and oxygen atoms in total. The van der Waals surface area contributed by atoms with Crippen LogP contribution in [0.3, 0.4) is 0 Å². The number of para-hydroxylation sites is 1. The molecule has 38 heavy (non-hydrogen) atoms. The lowest BCUT2D eigenvalue weighted by Crippen LogP contribution is -2.40. The standard InChI is InChI=1S/C28H22N4O5S/c1-17-24(26(33)30-20-6-4-3-5-7-20)25(19-10-14-22(37-2)15-11-19)31-27(34)23(38-28(31)29-17)16-18-8-12-21(13-9-18)32(35)36/h3-16,25H,1-2H3,(H,30,33)/b23-16+/t25-/m1/s1. The van der Waals surface area contributed by atoms with E-state index < -0.39 is 11.0 Å². The highest BCUT2D eigenvalue weighted by atomic mass is 32.1. The number of hydrogen-bond donors (Lipinski definition) is 1. The fourth-order valence-corrected chi connectivity index (χ4v) is 5.32. The minimum Gasteiger partial charge on any atom is -0.497 e. The number of hydrogen-bond acceptors (Lipinski definition) is 7. The van der Waals surface area contributed by atoms with Crippen LogP contribution >= 0.6 is 11.3 Å². The molecule has 1 atom stereocenters. The van der Waals surface area contributed by atoms with Crippen LogP contribution in [0, 0.1) is 10.1 Å². The number of carbonyl (C=O) groups excluding carboxylic acids is 1. The van der Waals surface area contributed by atoms with Crippen LogP contribution in [0.15, 0.2) is 99.9 Å². The summed E-state index contributed by atoms with van der Waals surface area (Å²) in [5, 5.41) is 13.9. The third-order valence-electron chi connectivity index (χ3n) is 6.13. The van der Waals surface area contributed by atoms with Gasteiger partial charge >= 0.3 is 0 Å². The van der Waals surface area contributed by atoms with Crippen molar-refractivity contribution >= 4 is 34.7 Å². The van der Waals surface area contributed by atoms with Crippen LogP contribution in [-0.2, 0) is 4.79 Å². The van der Waals surface area contributed by atoms with Crippen LogP contribution in [0.25, 0.3) is 6.08 Å². The molecule has 0 radical (unpaired) electrons. The van der Waals surface area contributed by atoms with Gasteiger partial charge in [0.2, 0.25) is 0 Å². The maximum absolute atomic E-state index is 13.7. The molecule has 4 aromatic rings. The van der Waals surface area contributed by atoms with E-state index in [-0.39, 0.29) is 17.2 Å². The number of anilines is 1. The molecule has 1 N–H and O–H groups in total. The van der Waals surface area contributed by atoms with Crippen molar-refractivity contribution in [3.8, 4) is 5.75 Å². The lowest BCUT2D eigenvalue weighted by atomic mass is 9.95. The van der Waals surface area contributed by atoms with Gasteiger partial charge < -0.3 is 10.1 Å². The molecule has 0 saturated carbocycles. The van der Waals surface area contributed by atoms with Crippen LogP contribution in [0.4, 0.5) is 11.4 Å². The second-order valence-corrected chi connectivity index (χ2v) is 9.53. The number of fused-ring (bicyclic) bond motifs is 1. The van der Waals surface area contributed by atoms with Gasteiger partial charge in [0.25, 0.3) is 17.2 Å². The molecule has 1 aromatic heterocycles. The molecule has 0 unspecified atom stereocenters. The maximum Gasteiger partial charge on any atom is 0.271 e. The van der Waals surface area contributed by atoms with E-state index in [1.165, 1.54) is 28.0 Å². The van der Waals surface area contributed by atoms with Crippen molar-refractivity contribution < 1.29 is 14.5 Å². The lowest BCUT2D eigenvalue weighted by molar-refractivity contribution is -0.384. The third-order valence-corrected chi connectivity index (χ3v) is 7.11. The Morgan fingerprint density at radius 3 is 2.39 bits per heavy atom. The minimum atomic E-state index is -0.722. The summed E-state index contributed by atoms with van der Waals surface area (Å²) in [6, 6.07) is 21.5. The number of aromatic nitrogens is 1. The van der Waals surface area contributed by atoms with Crippen LogP contribution < -0.4 is 24.9 Å². The Bertz CT molecular complexity index is 1740. The Hall–Kier alpha value is -4.83. The van der Waals surface area contributed by atoms with Gasteiger partial charge in [0.05, 0.1) is 33.9 Å². The quantitative estimate of drug-likeness (QED) is 0.303. The largest absolute Gasteiger partial charge is 0.497 e. The van der Waals surface area contributed by atoms with Crippen molar-refractivity contribution in [2.45, 2.75) is 13.0 Å². The molecule has 0 bridgehead atoms. The summed E-state index contributed by atoms with van der Waals surface area (Å²) in [5.41, 5.74) is 2.50. The Balaban J connectivity index is 1.64. The van der Waals surface area contributed by atoms with Crippen molar-refractivity contribution in [1.29, 1.82) is 0 Å².